The molecule has 11 nitrogen and oxygen atoms in total. The minimum absolute atomic E-state index is 0.0789. The fourth-order valence-electron chi connectivity index (χ4n) is 5.45. The summed E-state index contributed by atoms with van der Waals surface area (Å²) in [7, 11) is 1.97. The third-order valence-electron chi connectivity index (χ3n) is 7.59. The van der Waals surface area contributed by atoms with E-state index in [1.54, 1.807) is 6.33 Å². The van der Waals surface area contributed by atoms with Crippen LogP contribution in [0.4, 0.5) is 17.3 Å². The summed E-state index contributed by atoms with van der Waals surface area (Å²) in [6, 6.07) is 13.6. The maximum Gasteiger partial charge on any atom is 0.246 e. The van der Waals surface area contributed by atoms with Gasteiger partial charge >= 0.3 is 0 Å². The zero-order chi connectivity index (χ0) is 28.1. The maximum absolute atomic E-state index is 12.3. The second-order valence-electron chi connectivity index (χ2n) is 10.3. The van der Waals surface area contributed by atoms with E-state index in [9.17, 15) is 4.79 Å². The van der Waals surface area contributed by atoms with E-state index in [0.717, 1.165) is 39.6 Å². The molecule has 41 heavy (non-hydrogen) atoms. The van der Waals surface area contributed by atoms with Crippen molar-refractivity contribution >= 4 is 45.3 Å². The standard InChI is InChI=1S/C30H28N8O3/c1-4-27(39)38-10-9-37-14-20(38)15-40-26-13-23-28(35-30(26)37)29(32-16-31-23)34-19-5-8-25(18(2)11-19)41-21-6-7-24-22(12-21)33-17-36(24)3/h4-8,11-13,16-17,20H,1,9-10,14-15H2,2-3H3,(H,31,32,34). The first-order valence-corrected chi connectivity index (χ1v) is 13.4. The number of amides is 1. The summed E-state index contributed by atoms with van der Waals surface area (Å²) in [5, 5.41) is 3.41. The number of hydrogen-bond acceptors (Lipinski definition) is 9. The molecule has 2 aliphatic heterocycles. The highest BCUT2D eigenvalue weighted by molar-refractivity contribution is 5.90. The molecule has 0 saturated carbocycles. The molecule has 2 aliphatic rings. The number of benzene rings is 2. The van der Waals surface area contributed by atoms with Gasteiger partial charge in [0.1, 0.15) is 29.9 Å². The molecule has 1 saturated heterocycles. The number of piperazine rings is 1. The average molecular weight is 549 g/mol. The first-order chi connectivity index (χ1) is 20.0. The van der Waals surface area contributed by atoms with Gasteiger partial charge in [0, 0.05) is 44.5 Å². The van der Waals surface area contributed by atoms with Crippen molar-refractivity contribution in [3.05, 3.63) is 73.3 Å². The number of rotatable bonds is 5. The summed E-state index contributed by atoms with van der Waals surface area (Å²) >= 11 is 0. The van der Waals surface area contributed by atoms with Crippen molar-refractivity contribution < 1.29 is 14.3 Å². The minimum Gasteiger partial charge on any atom is -0.487 e. The number of nitrogens with one attached hydrogen (secondary N) is 1. The van der Waals surface area contributed by atoms with Gasteiger partial charge in [-0.2, -0.15) is 0 Å². The van der Waals surface area contributed by atoms with Gasteiger partial charge in [-0.15, -0.1) is 0 Å². The Morgan fingerprint density at radius 1 is 1.12 bits per heavy atom. The van der Waals surface area contributed by atoms with Gasteiger partial charge in [0.25, 0.3) is 0 Å². The number of pyridine rings is 1. The number of fused-ring (bicyclic) bond motifs is 6. The Morgan fingerprint density at radius 3 is 2.88 bits per heavy atom. The van der Waals surface area contributed by atoms with Crippen molar-refractivity contribution in [2.75, 3.05) is 36.5 Å². The van der Waals surface area contributed by atoms with Crippen molar-refractivity contribution in [1.29, 1.82) is 0 Å². The van der Waals surface area contributed by atoms with E-state index in [0.29, 0.717) is 48.8 Å². The van der Waals surface area contributed by atoms with Gasteiger partial charge in [0.15, 0.2) is 17.4 Å². The SMILES string of the molecule is C=CC(=O)N1CCN2CC1COc1cc3ncnc(Nc4ccc(Oc5ccc6c(c5)ncn6C)c(C)c4)c3nc12. The molecule has 1 N–H and O–H groups in total. The normalized spacial score (nSPS) is 16.2. The summed E-state index contributed by atoms with van der Waals surface area (Å²) in [6.07, 6.45) is 4.66. The van der Waals surface area contributed by atoms with Crippen molar-refractivity contribution in [1.82, 2.24) is 29.4 Å². The molecule has 1 unspecified atom stereocenters. The second kappa shape index (κ2) is 9.77. The fourth-order valence-corrected chi connectivity index (χ4v) is 5.45. The van der Waals surface area contributed by atoms with E-state index >= 15 is 0 Å². The maximum atomic E-state index is 12.3. The van der Waals surface area contributed by atoms with Crippen LogP contribution in [0.1, 0.15) is 5.56 Å². The van der Waals surface area contributed by atoms with Crippen LogP contribution in [0.3, 0.4) is 0 Å². The molecule has 7 rings (SSSR count). The Kier molecular flexibility index (Phi) is 5.92. The Balaban J connectivity index is 1.15. The van der Waals surface area contributed by atoms with E-state index in [2.05, 4.69) is 31.7 Å². The zero-order valence-electron chi connectivity index (χ0n) is 22.7. The summed E-state index contributed by atoms with van der Waals surface area (Å²) in [5.74, 6) is 3.37. The lowest BCUT2D eigenvalue weighted by molar-refractivity contribution is -0.129. The molecule has 0 aliphatic carbocycles. The molecule has 2 bridgehead atoms. The lowest BCUT2D eigenvalue weighted by Crippen LogP contribution is -2.56. The summed E-state index contributed by atoms with van der Waals surface area (Å²) < 4.78 is 14.3. The predicted octanol–water partition coefficient (Wildman–Crippen LogP) is 4.35. The molecular weight excluding hydrogens is 520 g/mol. The van der Waals surface area contributed by atoms with Gasteiger partial charge in [-0.05, 0) is 48.9 Å². The van der Waals surface area contributed by atoms with E-state index in [-0.39, 0.29) is 11.9 Å². The Labute approximate surface area is 236 Å². The van der Waals surface area contributed by atoms with Crippen LogP contribution in [-0.2, 0) is 11.8 Å². The lowest BCUT2D eigenvalue weighted by Gasteiger charge is -2.39. The zero-order valence-corrected chi connectivity index (χ0v) is 22.7. The largest absolute Gasteiger partial charge is 0.487 e. The monoisotopic (exact) mass is 548 g/mol. The van der Waals surface area contributed by atoms with Gasteiger partial charge in [-0.1, -0.05) is 6.58 Å². The van der Waals surface area contributed by atoms with Crippen LogP contribution in [0.15, 0.2) is 67.8 Å². The van der Waals surface area contributed by atoms with E-state index in [1.165, 1.54) is 12.4 Å². The second-order valence-corrected chi connectivity index (χ2v) is 10.3. The molecule has 0 spiro atoms. The van der Waals surface area contributed by atoms with Crippen LogP contribution < -0.4 is 19.7 Å². The van der Waals surface area contributed by atoms with Crippen LogP contribution in [0.2, 0.25) is 0 Å². The molecule has 1 amide bonds. The molecule has 2 aromatic carbocycles. The van der Waals surface area contributed by atoms with Crippen molar-refractivity contribution in [3.8, 4) is 17.2 Å². The summed E-state index contributed by atoms with van der Waals surface area (Å²) in [5.41, 5.74) is 5.05. The molecule has 206 valence electrons. The van der Waals surface area contributed by atoms with Crippen LogP contribution >= 0.6 is 0 Å². The molecule has 1 fully saturated rings. The van der Waals surface area contributed by atoms with E-state index in [4.69, 9.17) is 14.5 Å². The summed E-state index contributed by atoms with van der Waals surface area (Å²) in [6.45, 7) is 7.88. The molecule has 0 radical (unpaired) electrons. The van der Waals surface area contributed by atoms with Crippen molar-refractivity contribution in [2.45, 2.75) is 13.0 Å². The highest BCUT2D eigenvalue weighted by Gasteiger charge is 2.34. The minimum atomic E-state index is -0.0827. The van der Waals surface area contributed by atoms with Crippen molar-refractivity contribution in [3.63, 3.8) is 0 Å². The molecular formula is C30H28N8O3. The highest BCUT2D eigenvalue weighted by atomic mass is 16.5. The number of imidazole rings is 1. The van der Waals surface area contributed by atoms with Crippen LogP contribution in [-0.4, -0.2) is 67.6 Å². The highest BCUT2D eigenvalue weighted by Crippen LogP contribution is 2.36. The van der Waals surface area contributed by atoms with E-state index in [1.807, 2.05) is 65.9 Å². The Hall–Kier alpha value is -5.19. The third kappa shape index (κ3) is 4.45. The van der Waals surface area contributed by atoms with Crippen LogP contribution in [0, 0.1) is 6.92 Å². The number of carbonyl (C=O) groups is 1. The lowest BCUT2D eigenvalue weighted by atomic mass is 10.1. The predicted molar refractivity (Wildman–Crippen MR) is 156 cm³/mol. The number of carbonyl (C=O) groups excluding carboxylic acids is 1. The molecule has 11 heteroatoms. The third-order valence-corrected chi connectivity index (χ3v) is 7.59. The molecule has 3 aromatic heterocycles. The average Bonchev–Trinajstić information content (AvgIpc) is 3.29. The number of nitrogens with zero attached hydrogens (tertiary/aromatic N) is 7. The molecule has 1 atom stereocenters. The Bertz CT molecular complexity index is 1830. The molecule has 5 aromatic rings. The van der Waals surface area contributed by atoms with E-state index < -0.39 is 0 Å². The number of aromatic nitrogens is 5. The van der Waals surface area contributed by atoms with Crippen LogP contribution in [0.25, 0.3) is 22.1 Å². The van der Waals surface area contributed by atoms with Crippen LogP contribution in [0.5, 0.6) is 17.2 Å². The molecule has 5 heterocycles. The first kappa shape index (κ1) is 24.8. The number of anilines is 3. The Morgan fingerprint density at radius 2 is 2.02 bits per heavy atom. The van der Waals surface area contributed by atoms with Gasteiger partial charge in [0.2, 0.25) is 5.91 Å². The first-order valence-electron chi connectivity index (χ1n) is 13.4. The topological polar surface area (TPSA) is 111 Å². The van der Waals surface area contributed by atoms with Gasteiger partial charge in [-0.3, -0.25) is 4.79 Å². The smallest absolute Gasteiger partial charge is 0.246 e. The number of ether oxygens (including phenoxy) is 2. The quantitative estimate of drug-likeness (QED) is 0.321. The van der Waals surface area contributed by atoms with Crippen molar-refractivity contribution in [2.24, 2.45) is 7.05 Å². The van der Waals surface area contributed by atoms with Gasteiger partial charge < -0.3 is 29.2 Å². The van der Waals surface area contributed by atoms with Gasteiger partial charge in [-0.25, -0.2) is 19.9 Å². The number of aryl methyl sites for hydroxylation is 2. The fraction of sp³-hybridized carbons (Fsp3) is 0.233. The summed E-state index contributed by atoms with van der Waals surface area (Å²) in [4.78, 5) is 34.6. The van der Waals surface area contributed by atoms with Gasteiger partial charge in [0.05, 0.1) is 28.9 Å². The number of hydrogen-bond donors (Lipinski definition) is 1.